The Hall–Kier alpha value is -1.88. The molecule has 2 aromatic heterocycles. The molecule has 3 rings (SSSR count). The molecule has 0 radical (unpaired) electrons. The Balaban J connectivity index is 1.69. The molecule has 1 aliphatic heterocycles. The summed E-state index contributed by atoms with van der Waals surface area (Å²) in [6.07, 6.45) is 4.97. The summed E-state index contributed by atoms with van der Waals surface area (Å²) in [4.78, 5) is 21.0. The SMILES string of the molecule is O=C1CC(CO)CN1CCc1ccnc2[nH]ccc12. The maximum atomic E-state index is 11.8. The number of aromatic amines is 1. The maximum absolute atomic E-state index is 11.8. The molecule has 1 saturated heterocycles. The highest BCUT2D eigenvalue weighted by Gasteiger charge is 2.28. The first kappa shape index (κ1) is 12.2. The average Bonchev–Trinajstić information content (AvgIpc) is 3.02. The van der Waals surface area contributed by atoms with E-state index in [4.69, 9.17) is 5.11 Å². The molecule has 0 aliphatic carbocycles. The number of rotatable bonds is 4. The number of amides is 1. The van der Waals surface area contributed by atoms with Crippen molar-refractivity contribution in [1.29, 1.82) is 0 Å². The summed E-state index contributed by atoms with van der Waals surface area (Å²) < 4.78 is 0. The summed E-state index contributed by atoms with van der Waals surface area (Å²) in [7, 11) is 0. The van der Waals surface area contributed by atoms with Crippen LogP contribution in [0, 0.1) is 5.92 Å². The fourth-order valence-corrected chi connectivity index (χ4v) is 2.68. The molecule has 19 heavy (non-hydrogen) atoms. The van der Waals surface area contributed by atoms with Crippen LogP contribution < -0.4 is 0 Å². The van der Waals surface area contributed by atoms with Gasteiger partial charge in [0.1, 0.15) is 5.65 Å². The van der Waals surface area contributed by atoms with Crippen LogP contribution in [-0.4, -0.2) is 45.6 Å². The monoisotopic (exact) mass is 259 g/mol. The molecule has 2 N–H and O–H groups in total. The number of hydrogen-bond acceptors (Lipinski definition) is 3. The molecule has 1 amide bonds. The molecule has 5 heteroatoms. The Morgan fingerprint density at radius 3 is 3.16 bits per heavy atom. The zero-order valence-corrected chi connectivity index (χ0v) is 10.7. The number of pyridine rings is 1. The van der Waals surface area contributed by atoms with Gasteiger partial charge in [-0.25, -0.2) is 4.98 Å². The van der Waals surface area contributed by atoms with Crippen molar-refractivity contribution in [1.82, 2.24) is 14.9 Å². The van der Waals surface area contributed by atoms with Gasteiger partial charge in [-0.05, 0) is 24.1 Å². The number of carbonyl (C=O) groups excluding carboxylic acids is 1. The van der Waals surface area contributed by atoms with Crippen LogP contribution in [0.15, 0.2) is 24.5 Å². The van der Waals surface area contributed by atoms with E-state index in [-0.39, 0.29) is 18.4 Å². The second-order valence-electron chi connectivity index (χ2n) is 5.05. The predicted octanol–water partition coefficient (Wildman–Crippen LogP) is 0.946. The van der Waals surface area contributed by atoms with Gasteiger partial charge in [0.15, 0.2) is 0 Å². The van der Waals surface area contributed by atoms with Crippen molar-refractivity contribution in [2.45, 2.75) is 12.8 Å². The summed E-state index contributed by atoms with van der Waals surface area (Å²) in [5, 5.41) is 10.2. The number of nitrogens with one attached hydrogen (secondary N) is 1. The minimum absolute atomic E-state index is 0.0968. The van der Waals surface area contributed by atoms with E-state index in [1.165, 1.54) is 5.56 Å². The van der Waals surface area contributed by atoms with E-state index < -0.39 is 0 Å². The summed E-state index contributed by atoms with van der Waals surface area (Å²) in [5.74, 6) is 0.260. The van der Waals surface area contributed by atoms with Crippen molar-refractivity contribution >= 4 is 16.9 Å². The molecule has 2 aromatic rings. The van der Waals surface area contributed by atoms with Gasteiger partial charge in [0.25, 0.3) is 0 Å². The number of fused-ring (bicyclic) bond motifs is 1. The lowest BCUT2D eigenvalue weighted by Gasteiger charge is -2.16. The predicted molar refractivity (Wildman–Crippen MR) is 71.6 cm³/mol. The first-order valence-corrected chi connectivity index (χ1v) is 6.57. The Labute approximate surface area is 111 Å². The number of carbonyl (C=O) groups is 1. The van der Waals surface area contributed by atoms with Crippen molar-refractivity contribution < 1.29 is 9.90 Å². The number of aliphatic hydroxyl groups excluding tert-OH is 1. The van der Waals surface area contributed by atoms with Crippen LogP contribution in [0.5, 0.6) is 0 Å². The molecule has 5 nitrogen and oxygen atoms in total. The zero-order valence-electron chi connectivity index (χ0n) is 10.7. The topological polar surface area (TPSA) is 69.2 Å². The van der Waals surface area contributed by atoms with Crippen molar-refractivity contribution in [2.75, 3.05) is 19.7 Å². The molecule has 0 aromatic carbocycles. The third-order valence-corrected chi connectivity index (χ3v) is 3.75. The van der Waals surface area contributed by atoms with Crippen molar-refractivity contribution in [3.63, 3.8) is 0 Å². The number of hydrogen-bond donors (Lipinski definition) is 2. The molecule has 1 unspecified atom stereocenters. The van der Waals surface area contributed by atoms with E-state index in [2.05, 4.69) is 9.97 Å². The number of nitrogens with zero attached hydrogens (tertiary/aromatic N) is 2. The van der Waals surface area contributed by atoms with E-state index >= 15 is 0 Å². The van der Waals surface area contributed by atoms with Gasteiger partial charge in [-0.1, -0.05) is 0 Å². The molecule has 0 spiro atoms. The highest BCUT2D eigenvalue weighted by atomic mass is 16.3. The summed E-state index contributed by atoms with van der Waals surface area (Å²) >= 11 is 0. The van der Waals surface area contributed by atoms with Crippen LogP contribution in [0.25, 0.3) is 11.0 Å². The number of aliphatic hydroxyl groups is 1. The van der Waals surface area contributed by atoms with Crippen LogP contribution in [0.3, 0.4) is 0 Å². The summed E-state index contributed by atoms with van der Waals surface area (Å²) in [6, 6.07) is 4.01. The van der Waals surface area contributed by atoms with Gasteiger partial charge in [-0.15, -0.1) is 0 Å². The molecule has 1 fully saturated rings. The molecule has 1 atom stereocenters. The minimum atomic E-state index is 0.0968. The largest absolute Gasteiger partial charge is 0.396 e. The Morgan fingerprint density at radius 1 is 1.47 bits per heavy atom. The molecule has 0 bridgehead atoms. The standard InChI is InChI=1S/C14H17N3O2/c18-9-10-7-13(19)17(8-10)6-3-11-1-4-15-14-12(11)2-5-16-14/h1-2,4-5,10,18H,3,6-9H2,(H,15,16). The summed E-state index contributed by atoms with van der Waals surface area (Å²) in [6.45, 7) is 1.48. The number of aromatic nitrogens is 2. The van der Waals surface area contributed by atoms with Crippen LogP contribution in [0.2, 0.25) is 0 Å². The molecular formula is C14H17N3O2. The highest BCUT2D eigenvalue weighted by molar-refractivity contribution is 5.80. The molecule has 1 aliphatic rings. The maximum Gasteiger partial charge on any atom is 0.223 e. The first-order chi connectivity index (χ1) is 9.28. The van der Waals surface area contributed by atoms with Crippen LogP contribution in [0.4, 0.5) is 0 Å². The second-order valence-corrected chi connectivity index (χ2v) is 5.05. The molecule has 3 heterocycles. The second kappa shape index (κ2) is 5.01. The van der Waals surface area contributed by atoms with Gasteiger partial charge in [0.2, 0.25) is 5.91 Å². The number of H-pyrrole nitrogens is 1. The smallest absolute Gasteiger partial charge is 0.223 e. The van der Waals surface area contributed by atoms with Gasteiger partial charge in [0, 0.05) is 49.8 Å². The highest BCUT2D eigenvalue weighted by Crippen LogP contribution is 2.20. The van der Waals surface area contributed by atoms with E-state index in [0.29, 0.717) is 19.5 Å². The van der Waals surface area contributed by atoms with Crippen molar-refractivity contribution in [3.05, 3.63) is 30.1 Å². The summed E-state index contributed by atoms with van der Waals surface area (Å²) in [5.41, 5.74) is 2.09. The van der Waals surface area contributed by atoms with Crippen LogP contribution in [-0.2, 0) is 11.2 Å². The minimum Gasteiger partial charge on any atom is -0.396 e. The lowest BCUT2D eigenvalue weighted by molar-refractivity contribution is -0.127. The lowest BCUT2D eigenvalue weighted by Crippen LogP contribution is -2.27. The van der Waals surface area contributed by atoms with Gasteiger partial charge in [-0.2, -0.15) is 0 Å². The quantitative estimate of drug-likeness (QED) is 0.858. The van der Waals surface area contributed by atoms with Crippen molar-refractivity contribution in [2.24, 2.45) is 5.92 Å². The van der Waals surface area contributed by atoms with E-state index in [1.54, 1.807) is 6.20 Å². The van der Waals surface area contributed by atoms with Crippen molar-refractivity contribution in [3.8, 4) is 0 Å². The van der Waals surface area contributed by atoms with Gasteiger partial charge < -0.3 is 15.0 Å². The van der Waals surface area contributed by atoms with E-state index in [0.717, 1.165) is 17.5 Å². The van der Waals surface area contributed by atoms with Crippen LogP contribution >= 0.6 is 0 Å². The molecule has 0 saturated carbocycles. The molecular weight excluding hydrogens is 242 g/mol. The van der Waals surface area contributed by atoms with Gasteiger partial charge in [-0.3, -0.25) is 4.79 Å². The van der Waals surface area contributed by atoms with E-state index in [1.807, 2.05) is 23.2 Å². The Morgan fingerprint density at radius 2 is 2.37 bits per heavy atom. The fourth-order valence-electron chi connectivity index (χ4n) is 2.68. The number of likely N-dealkylation sites (tertiary alicyclic amines) is 1. The third kappa shape index (κ3) is 2.33. The van der Waals surface area contributed by atoms with Crippen LogP contribution in [0.1, 0.15) is 12.0 Å². The van der Waals surface area contributed by atoms with E-state index in [9.17, 15) is 4.79 Å². The third-order valence-electron chi connectivity index (χ3n) is 3.75. The Kier molecular flexibility index (Phi) is 3.21. The Bertz CT molecular complexity index is 593. The average molecular weight is 259 g/mol. The molecule has 100 valence electrons. The van der Waals surface area contributed by atoms with Gasteiger partial charge in [0.05, 0.1) is 0 Å². The lowest BCUT2D eigenvalue weighted by atomic mass is 10.1. The fraction of sp³-hybridized carbons (Fsp3) is 0.429. The zero-order chi connectivity index (χ0) is 13.2. The first-order valence-electron chi connectivity index (χ1n) is 6.57. The normalized spacial score (nSPS) is 19.5. The van der Waals surface area contributed by atoms with Gasteiger partial charge >= 0.3 is 0 Å².